The van der Waals surface area contributed by atoms with E-state index in [1.165, 1.54) is 0 Å². The van der Waals surface area contributed by atoms with E-state index in [4.69, 9.17) is 5.73 Å². The second kappa shape index (κ2) is 7.00. The van der Waals surface area contributed by atoms with Crippen molar-refractivity contribution >= 4 is 11.6 Å². The first-order chi connectivity index (χ1) is 8.56. The molecule has 6 nitrogen and oxygen atoms in total. The molecule has 0 aliphatic carbocycles. The molecule has 1 aromatic rings. The van der Waals surface area contributed by atoms with Gasteiger partial charge in [0.25, 0.3) is 5.91 Å². The van der Waals surface area contributed by atoms with E-state index in [0.717, 1.165) is 31.5 Å². The van der Waals surface area contributed by atoms with Gasteiger partial charge in [-0.3, -0.25) is 9.89 Å². The SMILES string of the molecule is CCc1[nH]nc(C(=O)NCCCCN(C)C)c1N. The molecule has 0 saturated carbocycles. The lowest BCUT2D eigenvalue weighted by Gasteiger charge is -2.09. The van der Waals surface area contributed by atoms with Crippen LogP contribution in [-0.4, -0.2) is 48.2 Å². The second-order valence-corrected chi connectivity index (χ2v) is 4.58. The first-order valence-corrected chi connectivity index (χ1v) is 6.31. The van der Waals surface area contributed by atoms with E-state index in [-0.39, 0.29) is 5.91 Å². The molecule has 1 heterocycles. The summed E-state index contributed by atoms with van der Waals surface area (Å²) in [7, 11) is 4.07. The number of nitrogens with two attached hydrogens (primary N) is 1. The van der Waals surface area contributed by atoms with Crippen LogP contribution in [0.25, 0.3) is 0 Å². The van der Waals surface area contributed by atoms with Gasteiger partial charge in [-0.2, -0.15) is 5.10 Å². The highest BCUT2D eigenvalue weighted by Crippen LogP contribution is 2.13. The summed E-state index contributed by atoms with van der Waals surface area (Å²) < 4.78 is 0. The molecule has 0 fully saturated rings. The number of aryl methyl sites for hydroxylation is 1. The van der Waals surface area contributed by atoms with Crippen LogP contribution in [0.3, 0.4) is 0 Å². The maximum Gasteiger partial charge on any atom is 0.273 e. The van der Waals surface area contributed by atoms with Gasteiger partial charge in [0.2, 0.25) is 0 Å². The normalized spacial score (nSPS) is 10.9. The number of hydrogen-bond acceptors (Lipinski definition) is 4. The zero-order valence-corrected chi connectivity index (χ0v) is 11.4. The molecular formula is C12H23N5O. The Labute approximate surface area is 108 Å². The van der Waals surface area contributed by atoms with Gasteiger partial charge in [0, 0.05) is 6.54 Å². The molecule has 0 bridgehead atoms. The summed E-state index contributed by atoms with van der Waals surface area (Å²) >= 11 is 0. The van der Waals surface area contributed by atoms with Crippen molar-refractivity contribution in [2.45, 2.75) is 26.2 Å². The zero-order valence-electron chi connectivity index (χ0n) is 11.4. The van der Waals surface area contributed by atoms with E-state index in [9.17, 15) is 4.79 Å². The summed E-state index contributed by atoms with van der Waals surface area (Å²) in [6.07, 6.45) is 2.76. The van der Waals surface area contributed by atoms with E-state index in [2.05, 4.69) is 20.4 Å². The third kappa shape index (κ3) is 4.03. The van der Waals surface area contributed by atoms with Gasteiger partial charge in [0.05, 0.1) is 11.4 Å². The maximum absolute atomic E-state index is 11.8. The van der Waals surface area contributed by atoms with E-state index in [1.54, 1.807) is 0 Å². The maximum atomic E-state index is 11.8. The Morgan fingerprint density at radius 1 is 1.44 bits per heavy atom. The van der Waals surface area contributed by atoms with Crippen molar-refractivity contribution in [2.24, 2.45) is 0 Å². The highest BCUT2D eigenvalue weighted by atomic mass is 16.1. The van der Waals surface area contributed by atoms with Crippen LogP contribution in [0.1, 0.15) is 35.9 Å². The number of aromatic amines is 1. The number of carbonyl (C=O) groups is 1. The molecule has 1 amide bonds. The van der Waals surface area contributed by atoms with E-state index in [1.807, 2.05) is 21.0 Å². The Morgan fingerprint density at radius 3 is 2.72 bits per heavy atom. The van der Waals surface area contributed by atoms with Crippen molar-refractivity contribution in [1.82, 2.24) is 20.4 Å². The Kier molecular flexibility index (Phi) is 5.64. The van der Waals surface area contributed by atoms with Gasteiger partial charge in [-0.05, 0) is 39.9 Å². The Bertz CT molecular complexity index is 386. The van der Waals surface area contributed by atoms with Gasteiger partial charge in [-0.15, -0.1) is 0 Å². The number of anilines is 1. The Morgan fingerprint density at radius 2 is 2.17 bits per heavy atom. The lowest BCUT2D eigenvalue weighted by Crippen LogP contribution is -2.26. The zero-order chi connectivity index (χ0) is 13.5. The fourth-order valence-electron chi connectivity index (χ4n) is 1.67. The summed E-state index contributed by atoms with van der Waals surface area (Å²) in [5, 5.41) is 9.55. The van der Waals surface area contributed by atoms with Crippen LogP contribution in [0.4, 0.5) is 5.69 Å². The molecule has 1 rings (SSSR count). The highest BCUT2D eigenvalue weighted by molar-refractivity contribution is 5.97. The summed E-state index contributed by atoms with van der Waals surface area (Å²) in [4.78, 5) is 13.9. The number of nitrogen functional groups attached to an aromatic ring is 1. The van der Waals surface area contributed by atoms with Crippen molar-refractivity contribution in [3.8, 4) is 0 Å². The van der Waals surface area contributed by atoms with E-state index in [0.29, 0.717) is 17.9 Å². The standard InChI is InChI=1S/C12H23N5O/c1-4-9-10(13)11(16-15-9)12(18)14-7-5-6-8-17(2)3/h4-8,13H2,1-3H3,(H,14,18)(H,15,16). The molecule has 0 aromatic carbocycles. The minimum atomic E-state index is -0.201. The molecule has 1 aromatic heterocycles. The Balaban J connectivity index is 2.34. The molecule has 0 spiro atoms. The molecule has 0 saturated heterocycles. The van der Waals surface area contributed by atoms with Gasteiger partial charge >= 0.3 is 0 Å². The van der Waals surface area contributed by atoms with Gasteiger partial charge < -0.3 is 16.0 Å². The van der Waals surface area contributed by atoms with E-state index >= 15 is 0 Å². The first kappa shape index (κ1) is 14.5. The van der Waals surface area contributed by atoms with Gasteiger partial charge in [0.1, 0.15) is 0 Å². The summed E-state index contributed by atoms with van der Waals surface area (Å²) in [5.74, 6) is -0.201. The predicted molar refractivity (Wildman–Crippen MR) is 72.5 cm³/mol. The summed E-state index contributed by atoms with van der Waals surface area (Å²) in [6, 6.07) is 0. The molecule has 0 atom stereocenters. The average Bonchev–Trinajstić information content (AvgIpc) is 2.69. The fourth-order valence-corrected chi connectivity index (χ4v) is 1.67. The Hall–Kier alpha value is -1.56. The van der Waals surface area contributed by atoms with Crippen molar-refractivity contribution in [1.29, 1.82) is 0 Å². The molecule has 4 N–H and O–H groups in total. The minimum absolute atomic E-state index is 0.201. The largest absolute Gasteiger partial charge is 0.395 e. The molecule has 0 unspecified atom stereocenters. The van der Waals surface area contributed by atoms with Crippen LogP contribution < -0.4 is 11.1 Å². The average molecular weight is 253 g/mol. The molecule has 6 heteroatoms. The number of H-pyrrole nitrogens is 1. The summed E-state index contributed by atoms with van der Waals surface area (Å²) in [6.45, 7) is 3.65. The lowest BCUT2D eigenvalue weighted by molar-refractivity contribution is 0.0948. The predicted octanol–water partition coefficient (Wildman–Crippen LogP) is 0.626. The van der Waals surface area contributed by atoms with Crippen LogP contribution in [-0.2, 0) is 6.42 Å². The number of hydrogen-bond donors (Lipinski definition) is 3. The third-order valence-electron chi connectivity index (χ3n) is 2.77. The molecular weight excluding hydrogens is 230 g/mol. The molecule has 102 valence electrons. The van der Waals surface area contributed by atoms with Crippen LogP contribution in [0, 0.1) is 0 Å². The lowest BCUT2D eigenvalue weighted by atomic mass is 10.2. The number of unbranched alkanes of at least 4 members (excludes halogenated alkanes) is 1. The molecule has 0 aliphatic rings. The topological polar surface area (TPSA) is 87.0 Å². The molecule has 0 radical (unpaired) electrons. The fraction of sp³-hybridized carbons (Fsp3) is 0.667. The van der Waals surface area contributed by atoms with E-state index < -0.39 is 0 Å². The van der Waals surface area contributed by atoms with Crippen molar-refractivity contribution in [3.63, 3.8) is 0 Å². The molecule has 18 heavy (non-hydrogen) atoms. The second-order valence-electron chi connectivity index (χ2n) is 4.58. The first-order valence-electron chi connectivity index (χ1n) is 6.31. The van der Waals surface area contributed by atoms with Crippen LogP contribution in [0.15, 0.2) is 0 Å². The number of rotatable bonds is 7. The van der Waals surface area contributed by atoms with Crippen LogP contribution >= 0.6 is 0 Å². The quantitative estimate of drug-likeness (QED) is 0.622. The van der Waals surface area contributed by atoms with Gasteiger partial charge in [-0.1, -0.05) is 6.92 Å². The number of nitrogens with one attached hydrogen (secondary N) is 2. The minimum Gasteiger partial charge on any atom is -0.395 e. The van der Waals surface area contributed by atoms with Crippen molar-refractivity contribution < 1.29 is 4.79 Å². The smallest absolute Gasteiger partial charge is 0.273 e. The van der Waals surface area contributed by atoms with Crippen LogP contribution in [0.2, 0.25) is 0 Å². The molecule has 0 aliphatic heterocycles. The monoisotopic (exact) mass is 253 g/mol. The number of aromatic nitrogens is 2. The number of nitrogens with zero attached hydrogens (tertiary/aromatic N) is 2. The van der Waals surface area contributed by atoms with Crippen molar-refractivity contribution in [3.05, 3.63) is 11.4 Å². The number of amides is 1. The summed E-state index contributed by atoms with van der Waals surface area (Å²) in [5.41, 5.74) is 7.40. The third-order valence-corrected chi connectivity index (χ3v) is 2.77. The van der Waals surface area contributed by atoms with Crippen molar-refractivity contribution in [2.75, 3.05) is 32.9 Å². The van der Waals surface area contributed by atoms with Crippen LogP contribution in [0.5, 0.6) is 0 Å². The van der Waals surface area contributed by atoms with Gasteiger partial charge in [-0.25, -0.2) is 0 Å². The number of carbonyl (C=O) groups excluding carboxylic acids is 1. The highest BCUT2D eigenvalue weighted by Gasteiger charge is 2.15. The van der Waals surface area contributed by atoms with Gasteiger partial charge in [0.15, 0.2) is 5.69 Å².